The minimum Gasteiger partial charge on any atom is -0.490 e. The quantitative estimate of drug-likeness (QED) is 0.371. The first-order valence-corrected chi connectivity index (χ1v) is 14.3. The fraction of sp³-hybridized carbons (Fsp3) is 0.455. The summed E-state index contributed by atoms with van der Waals surface area (Å²) in [4.78, 5) is 0. The molecule has 0 spiro atoms. The van der Waals surface area contributed by atoms with Crippen LogP contribution in [0.3, 0.4) is 0 Å². The van der Waals surface area contributed by atoms with Gasteiger partial charge in [0.05, 0.1) is 17.7 Å². The summed E-state index contributed by atoms with van der Waals surface area (Å²) in [6.45, 7) is 2.49. The molecule has 11 heteroatoms. The van der Waals surface area contributed by atoms with E-state index in [2.05, 4.69) is 14.8 Å². The summed E-state index contributed by atoms with van der Waals surface area (Å²) >= 11 is 0. The number of sulfonamides is 2. The fourth-order valence-corrected chi connectivity index (χ4v) is 5.20. The van der Waals surface area contributed by atoms with Crippen molar-refractivity contribution in [2.24, 2.45) is 0 Å². The SMILES string of the molecule is CC(CCc1ccc(NS(C)(=O)=O)cc1)NCC(O)COc1cccc2c1CCS(=O)(=O)N2. The van der Waals surface area contributed by atoms with Crippen LogP contribution in [-0.4, -0.2) is 59.2 Å². The Bertz CT molecular complexity index is 1150. The molecule has 9 nitrogen and oxygen atoms in total. The first-order chi connectivity index (χ1) is 15.5. The van der Waals surface area contributed by atoms with Crippen molar-refractivity contribution < 1.29 is 26.7 Å². The molecule has 0 radical (unpaired) electrons. The van der Waals surface area contributed by atoms with Crippen molar-refractivity contribution in [3.8, 4) is 5.75 Å². The molecule has 0 fully saturated rings. The second kappa shape index (κ2) is 10.7. The number of aliphatic hydroxyl groups is 1. The zero-order chi connectivity index (χ0) is 24.1. The zero-order valence-electron chi connectivity index (χ0n) is 18.7. The molecule has 0 saturated heterocycles. The summed E-state index contributed by atoms with van der Waals surface area (Å²) in [6, 6.07) is 12.6. The van der Waals surface area contributed by atoms with Crippen molar-refractivity contribution in [1.29, 1.82) is 0 Å². The first-order valence-electron chi connectivity index (χ1n) is 10.7. The van der Waals surface area contributed by atoms with Crippen LogP contribution in [0.25, 0.3) is 0 Å². The van der Waals surface area contributed by atoms with E-state index in [0.29, 0.717) is 30.1 Å². The highest BCUT2D eigenvalue weighted by Crippen LogP contribution is 2.31. The smallest absolute Gasteiger partial charge is 0.233 e. The van der Waals surface area contributed by atoms with E-state index in [0.717, 1.165) is 30.2 Å². The number of nitrogens with one attached hydrogen (secondary N) is 3. The Morgan fingerprint density at radius 2 is 1.91 bits per heavy atom. The Kier molecular flexibility index (Phi) is 8.22. The molecule has 0 saturated carbocycles. The zero-order valence-corrected chi connectivity index (χ0v) is 20.4. The Labute approximate surface area is 195 Å². The highest BCUT2D eigenvalue weighted by atomic mass is 32.2. The highest BCUT2D eigenvalue weighted by molar-refractivity contribution is 7.92. The number of anilines is 2. The van der Waals surface area contributed by atoms with Crippen LogP contribution < -0.4 is 19.5 Å². The molecule has 3 rings (SSSR count). The van der Waals surface area contributed by atoms with E-state index in [1.165, 1.54) is 0 Å². The lowest BCUT2D eigenvalue weighted by Gasteiger charge is -2.22. The van der Waals surface area contributed by atoms with Gasteiger partial charge in [0.2, 0.25) is 20.0 Å². The van der Waals surface area contributed by atoms with Gasteiger partial charge in [-0.3, -0.25) is 9.44 Å². The van der Waals surface area contributed by atoms with Gasteiger partial charge in [0.15, 0.2) is 0 Å². The lowest BCUT2D eigenvalue weighted by atomic mass is 10.1. The average Bonchev–Trinajstić information content (AvgIpc) is 2.73. The third-order valence-electron chi connectivity index (χ3n) is 5.28. The van der Waals surface area contributed by atoms with Crippen LogP contribution in [0.15, 0.2) is 42.5 Å². The van der Waals surface area contributed by atoms with Gasteiger partial charge >= 0.3 is 0 Å². The van der Waals surface area contributed by atoms with Crippen LogP contribution in [0.2, 0.25) is 0 Å². The molecule has 182 valence electrons. The van der Waals surface area contributed by atoms with E-state index in [1.54, 1.807) is 30.3 Å². The van der Waals surface area contributed by atoms with Crippen LogP contribution in [0.4, 0.5) is 11.4 Å². The van der Waals surface area contributed by atoms with Crippen LogP contribution in [0, 0.1) is 0 Å². The number of benzene rings is 2. The van der Waals surface area contributed by atoms with Crippen molar-refractivity contribution in [3.05, 3.63) is 53.6 Å². The van der Waals surface area contributed by atoms with Gasteiger partial charge in [0, 0.05) is 23.8 Å². The summed E-state index contributed by atoms with van der Waals surface area (Å²) < 4.78 is 56.7. The Hall–Kier alpha value is -2.34. The van der Waals surface area contributed by atoms with E-state index < -0.39 is 26.2 Å². The number of ether oxygens (including phenoxy) is 1. The molecule has 0 amide bonds. The van der Waals surface area contributed by atoms with Crippen molar-refractivity contribution in [2.45, 2.75) is 38.3 Å². The van der Waals surface area contributed by atoms with E-state index in [-0.39, 0.29) is 18.4 Å². The summed E-state index contributed by atoms with van der Waals surface area (Å²) in [5.74, 6) is 0.592. The number of aryl methyl sites for hydroxylation is 1. The van der Waals surface area contributed by atoms with Gasteiger partial charge in [0.1, 0.15) is 18.5 Å². The number of aliphatic hydroxyl groups excluding tert-OH is 1. The number of fused-ring (bicyclic) bond motifs is 1. The van der Waals surface area contributed by atoms with Crippen molar-refractivity contribution >= 4 is 31.4 Å². The largest absolute Gasteiger partial charge is 0.490 e. The highest BCUT2D eigenvalue weighted by Gasteiger charge is 2.23. The first kappa shape index (κ1) is 25.3. The van der Waals surface area contributed by atoms with E-state index in [4.69, 9.17) is 4.74 Å². The number of hydrogen-bond acceptors (Lipinski definition) is 7. The van der Waals surface area contributed by atoms with Gasteiger partial charge in [0.25, 0.3) is 0 Å². The molecule has 1 aliphatic heterocycles. The van der Waals surface area contributed by atoms with Crippen LogP contribution in [-0.2, 0) is 32.9 Å². The molecule has 33 heavy (non-hydrogen) atoms. The minimum absolute atomic E-state index is 0.0128. The summed E-state index contributed by atoms with van der Waals surface area (Å²) in [7, 11) is -6.57. The lowest BCUT2D eigenvalue weighted by Crippen LogP contribution is -2.37. The van der Waals surface area contributed by atoms with Gasteiger partial charge in [-0.15, -0.1) is 0 Å². The van der Waals surface area contributed by atoms with E-state index >= 15 is 0 Å². The van der Waals surface area contributed by atoms with E-state index in [1.807, 2.05) is 19.1 Å². The molecular formula is C22H31N3O6S2. The van der Waals surface area contributed by atoms with Crippen molar-refractivity contribution in [3.63, 3.8) is 0 Å². The van der Waals surface area contributed by atoms with Gasteiger partial charge in [-0.2, -0.15) is 0 Å². The van der Waals surface area contributed by atoms with Crippen LogP contribution >= 0.6 is 0 Å². The van der Waals surface area contributed by atoms with Crippen molar-refractivity contribution in [1.82, 2.24) is 5.32 Å². The molecule has 1 aliphatic rings. The monoisotopic (exact) mass is 497 g/mol. The lowest BCUT2D eigenvalue weighted by molar-refractivity contribution is 0.103. The standard InChI is InChI=1S/C22H31N3O6S2/c1-16(6-7-17-8-10-18(11-9-17)24-32(2,27)28)23-14-19(26)15-31-22-5-3-4-21-20(22)12-13-33(29,30)25-21/h3-5,8-11,16,19,23-26H,6-7,12-15H2,1-2H3. The van der Waals surface area contributed by atoms with Gasteiger partial charge in [-0.1, -0.05) is 18.2 Å². The number of rotatable bonds is 11. The molecule has 2 atom stereocenters. The van der Waals surface area contributed by atoms with Crippen LogP contribution in [0.1, 0.15) is 24.5 Å². The number of hydrogen-bond donors (Lipinski definition) is 4. The second-order valence-corrected chi connectivity index (χ2v) is 11.9. The Morgan fingerprint density at radius 3 is 2.61 bits per heavy atom. The average molecular weight is 498 g/mol. The molecule has 0 aromatic heterocycles. The topological polar surface area (TPSA) is 134 Å². The molecular weight excluding hydrogens is 466 g/mol. The molecule has 4 N–H and O–H groups in total. The molecule has 2 aromatic rings. The van der Waals surface area contributed by atoms with Crippen LogP contribution in [0.5, 0.6) is 5.75 Å². The third-order valence-corrected chi connectivity index (χ3v) is 7.15. The predicted octanol–water partition coefficient (Wildman–Crippen LogP) is 1.71. The van der Waals surface area contributed by atoms with Gasteiger partial charge in [-0.05, 0) is 56.0 Å². The maximum Gasteiger partial charge on any atom is 0.233 e. The normalized spacial score (nSPS) is 16.8. The minimum atomic E-state index is -3.29. The molecule has 2 unspecified atom stereocenters. The van der Waals surface area contributed by atoms with Gasteiger partial charge < -0.3 is 15.2 Å². The van der Waals surface area contributed by atoms with Gasteiger partial charge in [-0.25, -0.2) is 16.8 Å². The maximum atomic E-state index is 11.7. The maximum absolute atomic E-state index is 11.7. The molecule has 0 bridgehead atoms. The molecule has 1 heterocycles. The third kappa shape index (κ3) is 8.18. The predicted molar refractivity (Wildman–Crippen MR) is 130 cm³/mol. The Morgan fingerprint density at radius 1 is 1.18 bits per heavy atom. The molecule has 0 aliphatic carbocycles. The summed E-state index contributed by atoms with van der Waals surface area (Å²) in [5.41, 5.74) is 2.96. The molecule has 2 aromatic carbocycles. The van der Waals surface area contributed by atoms with Crippen molar-refractivity contribution in [2.75, 3.05) is 34.6 Å². The van der Waals surface area contributed by atoms with E-state index in [9.17, 15) is 21.9 Å². The Balaban J connectivity index is 1.40. The second-order valence-electron chi connectivity index (χ2n) is 8.34. The summed E-state index contributed by atoms with van der Waals surface area (Å²) in [5, 5.41) is 13.6. The fourth-order valence-electron chi connectivity index (χ4n) is 3.53. The summed E-state index contributed by atoms with van der Waals surface area (Å²) in [6.07, 6.45) is 2.43.